The summed E-state index contributed by atoms with van der Waals surface area (Å²) >= 11 is 11.8. The molecule has 0 radical (unpaired) electrons. The summed E-state index contributed by atoms with van der Waals surface area (Å²) in [6, 6.07) is 12.0. The first-order valence-electron chi connectivity index (χ1n) is 8.37. The molecule has 1 heterocycles. The molecule has 2 aromatic rings. The highest BCUT2D eigenvalue weighted by atomic mass is 35.5. The van der Waals surface area contributed by atoms with Gasteiger partial charge in [0.15, 0.2) is 6.61 Å². The Kier molecular flexibility index (Phi) is 5.82. The second kappa shape index (κ2) is 8.11. The Morgan fingerprint density at radius 3 is 2.63 bits per heavy atom. The largest absolute Gasteiger partial charge is 0.457 e. The Morgan fingerprint density at radius 1 is 1.19 bits per heavy atom. The van der Waals surface area contributed by atoms with Gasteiger partial charge in [0.05, 0.1) is 10.9 Å². The summed E-state index contributed by atoms with van der Waals surface area (Å²) in [6.07, 6.45) is 0.0586. The molecular weight excluding hydrogens is 389 g/mol. The summed E-state index contributed by atoms with van der Waals surface area (Å²) in [5.74, 6) is -1.74. The maximum absolute atomic E-state index is 12.3. The van der Waals surface area contributed by atoms with E-state index in [0.717, 1.165) is 11.3 Å². The first-order chi connectivity index (χ1) is 12.9. The Hall–Kier alpha value is -2.37. The van der Waals surface area contributed by atoms with Gasteiger partial charge in [0.2, 0.25) is 11.7 Å². The van der Waals surface area contributed by atoms with Crippen molar-refractivity contribution in [2.45, 2.75) is 13.3 Å². The maximum Gasteiger partial charge on any atom is 0.311 e. The van der Waals surface area contributed by atoms with Gasteiger partial charge in [0.25, 0.3) is 0 Å². The molecule has 0 N–H and O–H groups in total. The fourth-order valence-corrected chi connectivity index (χ4v) is 3.53. The van der Waals surface area contributed by atoms with Crippen LogP contribution in [0.2, 0.25) is 10.0 Å². The molecule has 0 aliphatic carbocycles. The third-order valence-electron chi connectivity index (χ3n) is 4.44. The van der Waals surface area contributed by atoms with Gasteiger partial charge in [-0.25, -0.2) is 0 Å². The molecule has 1 aliphatic heterocycles. The molecule has 0 aromatic heterocycles. The molecule has 2 aromatic carbocycles. The topological polar surface area (TPSA) is 63.7 Å². The maximum atomic E-state index is 12.3. The predicted molar refractivity (Wildman–Crippen MR) is 103 cm³/mol. The van der Waals surface area contributed by atoms with Crippen LogP contribution in [0.4, 0.5) is 5.69 Å². The van der Waals surface area contributed by atoms with Crippen LogP contribution >= 0.6 is 23.2 Å². The van der Waals surface area contributed by atoms with E-state index in [1.165, 1.54) is 18.2 Å². The summed E-state index contributed by atoms with van der Waals surface area (Å²) in [4.78, 5) is 38.4. The zero-order valence-corrected chi connectivity index (χ0v) is 16.1. The minimum Gasteiger partial charge on any atom is -0.457 e. The molecule has 27 heavy (non-hydrogen) atoms. The normalized spacial score (nSPS) is 16.5. The molecule has 3 rings (SSSR count). The number of carbonyl (C=O) groups is 3. The molecule has 1 amide bonds. The molecule has 0 saturated carbocycles. The van der Waals surface area contributed by atoms with Crippen molar-refractivity contribution in [2.75, 3.05) is 18.1 Å². The number of amides is 1. The number of carbonyl (C=O) groups excluding carboxylic acids is 3. The molecule has 5 nitrogen and oxygen atoms in total. The lowest BCUT2D eigenvalue weighted by Crippen LogP contribution is -2.27. The van der Waals surface area contributed by atoms with E-state index in [-0.39, 0.29) is 29.5 Å². The van der Waals surface area contributed by atoms with Crippen LogP contribution < -0.4 is 4.90 Å². The molecular formula is C20H17Cl2NO4. The molecule has 0 bridgehead atoms. The number of rotatable bonds is 5. The van der Waals surface area contributed by atoms with Gasteiger partial charge in [-0.1, -0.05) is 41.4 Å². The van der Waals surface area contributed by atoms with Crippen LogP contribution in [0.5, 0.6) is 0 Å². The van der Waals surface area contributed by atoms with E-state index in [2.05, 4.69) is 0 Å². The standard InChI is InChI=1S/C20H17Cl2NO4/c1-12-4-2-3-5-17(12)23-10-13(8-19(23)25)20(26)27-11-18(24)15-7-6-14(21)9-16(15)22/h2-7,9,13H,8,10-11H2,1H3/t13-/m0/s1. The lowest BCUT2D eigenvalue weighted by atomic mass is 10.1. The van der Waals surface area contributed by atoms with Gasteiger partial charge in [-0.3, -0.25) is 14.4 Å². The number of ketones is 1. The zero-order valence-electron chi connectivity index (χ0n) is 14.6. The van der Waals surface area contributed by atoms with E-state index >= 15 is 0 Å². The van der Waals surface area contributed by atoms with E-state index in [1.807, 2.05) is 31.2 Å². The predicted octanol–water partition coefficient (Wildman–Crippen LogP) is 4.08. The number of esters is 1. The molecule has 0 unspecified atom stereocenters. The fourth-order valence-electron chi connectivity index (χ4n) is 3.01. The number of aryl methyl sites for hydroxylation is 1. The molecule has 140 valence electrons. The van der Waals surface area contributed by atoms with E-state index in [4.69, 9.17) is 27.9 Å². The number of anilines is 1. The number of para-hydroxylation sites is 1. The quantitative estimate of drug-likeness (QED) is 0.555. The van der Waals surface area contributed by atoms with Crippen LogP contribution in [0.25, 0.3) is 0 Å². The second-order valence-corrected chi connectivity index (χ2v) is 7.19. The van der Waals surface area contributed by atoms with Crippen LogP contribution in [0.1, 0.15) is 22.3 Å². The highest BCUT2D eigenvalue weighted by molar-refractivity contribution is 6.36. The number of hydrogen-bond donors (Lipinski definition) is 0. The molecule has 7 heteroatoms. The average Bonchev–Trinajstić information content (AvgIpc) is 3.01. The van der Waals surface area contributed by atoms with E-state index in [9.17, 15) is 14.4 Å². The number of halogens is 2. The van der Waals surface area contributed by atoms with Gasteiger partial charge in [-0.05, 0) is 36.8 Å². The van der Waals surface area contributed by atoms with Crippen molar-refractivity contribution in [3.63, 3.8) is 0 Å². The Bertz CT molecular complexity index is 913. The zero-order chi connectivity index (χ0) is 19.6. The highest BCUT2D eigenvalue weighted by Crippen LogP contribution is 2.28. The van der Waals surface area contributed by atoms with Crippen molar-refractivity contribution in [3.8, 4) is 0 Å². The highest BCUT2D eigenvalue weighted by Gasteiger charge is 2.36. The summed E-state index contributed by atoms with van der Waals surface area (Å²) in [7, 11) is 0. The first kappa shape index (κ1) is 19.4. The van der Waals surface area contributed by atoms with Crippen molar-refractivity contribution >= 4 is 46.5 Å². The lowest BCUT2D eigenvalue weighted by molar-refractivity contribution is -0.147. The Morgan fingerprint density at radius 2 is 1.93 bits per heavy atom. The van der Waals surface area contributed by atoms with Gasteiger partial charge < -0.3 is 9.64 Å². The van der Waals surface area contributed by atoms with Crippen molar-refractivity contribution < 1.29 is 19.1 Å². The second-order valence-electron chi connectivity index (χ2n) is 6.35. The van der Waals surface area contributed by atoms with Crippen LogP contribution in [-0.4, -0.2) is 30.8 Å². The molecule has 1 saturated heterocycles. The van der Waals surface area contributed by atoms with E-state index < -0.39 is 24.3 Å². The summed E-state index contributed by atoms with van der Waals surface area (Å²) in [6.45, 7) is 1.70. The number of benzene rings is 2. The van der Waals surface area contributed by atoms with Crippen LogP contribution in [0.3, 0.4) is 0 Å². The van der Waals surface area contributed by atoms with E-state index in [1.54, 1.807) is 4.90 Å². The molecule has 0 spiro atoms. The minimum absolute atomic E-state index is 0.0586. The third kappa shape index (κ3) is 4.31. The van der Waals surface area contributed by atoms with Gasteiger partial charge in [0.1, 0.15) is 0 Å². The number of Topliss-reactive ketones (excluding diaryl/α,β-unsaturated/α-hetero) is 1. The van der Waals surface area contributed by atoms with Crippen LogP contribution in [0, 0.1) is 12.8 Å². The molecule has 1 fully saturated rings. The summed E-state index contributed by atoms with van der Waals surface area (Å²) in [5, 5.41) is 0.611. The summed E-state index contributed by atoms with van der Waals surface area (Å²) in [5.41, 5.74) is 1.96. The summed E-state index contributed by atoms with van der Waals surface area (Å²) < 4.78 is 5.13. The van der Waals surface area contributed by atoms with Crippen molar-refractivity contribution in [2.24, 2.45) is 5.92 Å². The smallest absolute Gasteiger partial charge is 0.311 e. The molecule has 1 atom stereocenters. The molecule has 1 aliphatic rings. The van der Waals surface area contributed by atoms with Crippen LogP contribution in [0.15, 0.2) is 42.5 Å². The van der Waals surface area contributed by atoms with Gasteiger partial charge in [-0.2, -0.15) is 0 Å². The van der Waals surface area contributed by atoms with Crippen molar-refractivity contribution in [3.05, 3.63) is 63.6 Å². The van der Waals surface area contributed by atoms with Gasteiger partial charge >= 0.3 is 5.97 Å². The van der Waals surface area contributed by atoms with Crippen LogP contribution in [-0.2, 0) is 14.3 Å². The first-order valence-corrected chi connectivity index (χ1v) is 9.13. The van der Waals surface area contributed by atoms with Crippen molar-refractivity contribution in [1.82, 2.24) is 0 Å². The van der Waals surface area contributed by atoms with E-state index in [0.29, 0.717) is 5.02 Å². The minimum atomic E-state index is -0.606. The SMILES string of the molecule is Cc1ccccc1N1C[C@@H](C(=O)OCC(=O)c2ccc(Cl)cc2Cl)CC1=O. The van der Waals surface area contributed by atoms with Gasteiger partial charge in [-0.15, -0.1) is 0 Å². The monoisotopic (exact) mass is 405 g/mol. The number of nitrogens with zero attached hydrogens (tertiary/aromatic N) is 1. The third-order valence-corrected chi connectivity index (χ3v) is 4.99. The van der Waals surface area contributed by atoms with Gasteiger partial charge in [0, 0.05) is 29.2 Å². The Balaban J connectivity index is 1.61. The lowest BCUT2D eigenvalue weighted by Gasteiger charge is -2.18. The average molecular weight is 406 g/mol. The number of ether oxygens (including phenoxy) is 1. The fraction of sp³-hybridized carbons (Fsp3) is 0.250. The van der Waals surface area contributed by atoms with Crippen molar-refractivity contribution in [1.29, 1.82) is 0 Å². The number of hydrogen-bond acceptors (Lipinski definition) is 4. The Labute approximate surface area is 166 Å².